The molecule has 0 aliphatic rings. The van der Waals surface area contributed by atoms with Gasteiger partial charge in [0, 0.05) is 0 Å². The topological polar surface area (TPSA) is 58.2 Å². The quantitative estimate of drug-likeness (QED) is 0.456. The Balaban J connectivity index is 1.91. The molecule has 0 saturated heterocycles. The summed E-state index contributed by atoms with van der Waals surface area (Å²) < 4.78 is 0. The van der Waals surface area contributed by atoms with Gasteiger partial charge in [-0.15, -0.1) is 0 Å². The molecule has 142 valence electrons. The van der Waals surface area contributed by atoms with Crippen LogP contribution in [0.15, 0.2) is 60.7 Å². The van der Waals surface area contributed by atoms with Crippen molar-refractivity contribution in [2.24, 2.45) is 0 Å². The minimum Gasteiger partial charge on any atom is -0.319 e. The summed E-state index contributed by atoms with van der Waals surface area (Å²) in [4.78, 5) is 25.5. The summed E-state index contributed by atoms with van der Waals surface area (Å²) >= 11 is 24.4. The zero-order chi connectivity index (χ0) is 20.3. The van der Waals surface area contributed by atoms with Gasteiger partial charge in [0.1, 0.15) is 0 Å². The molecule has 0 unspecified atom stereocenters. The maximum absolute atomic E-state index is 12.8. The van der Waals surface area contributed by atoms with E-state index >= 15 is 0 Å². The first-order valence-corrected chi connectivity index (χ1v) is 9.49. The molecule has 0 fully saturated rings. The van der Waals surface area contributed by atoms with E-state index in [1.165, 1.54) is 12.1 Å². The molecule has 3 rings (SSSR count). The van der Waals surface area contributed by atoms with Crippen molar-refractivity contribution in [2.75, 3.05) is 10.6 Å². The fraction of sp³-hybridized carbons (Fsp3) is 0. The Morgan fingerprint density at radius 3 is 1.18 bits per heavy atom. The summed E-state index contributed by atoms with van der Waals surface area (Å²) in [6.45, 7) is 0. The molecule has 0 spiro atoms. The van der Waals surface area contributed by atoms with Crippen LogP contribution < -0.4 is 10.6 Å². The molecule has 0 atom stereocenters. The Kier molecular flexibility index (Phi) is 6.47. The molecule has 3 aromatic rings. The molecule has 0 heterocycles. The van der Waals surface area contributed by atoms with Gasteiger partial charge in [0.15, 0.2) is 0 Å². The molecular formula is C20H12Cl4N2O2. The Morgan fingerprint density at radius 1 is 0.536 bits per heavy atom. The Labute approximate surface area is 181 Å². The molecule has 0 aliphatic carbocycles. The SMILES string of the molecule is O=C(Nc1c(Cl)cccc1Cl)c1ccccc1C(=O)Nc1c(Cl)cccc1Cl. The van der Waals surface area contributed by atoms with E-state index in [-0.39, 0.29) is 42.6 Å². The zero-order valence-corrected chi connectivity index (χ0v) is 17.1. The van der Waals surface area contributed by atoms with E-state index in [1.54, 1.807) is 48.5 Å². The monoisotopic (exact) mass is 452 g/mol. The van der Waals surface area contributed by atoms with E-state index in [9.17, 15) is 9.59 Å². The predicted octanol–water partition coefficient (Wildman–Crippen LogP) is 6.80. The predicted molar refractivity (Wildman–Crippen MR) is 115 cm³/mol. The normalized spacial score (nSPS) is 10.4. The number of carbonyl (C=O) groups excluding carboxylic acids is 2. The summed E-state index contributed by atoms with van der Waals surface area (Å²) in [6.07, 6.45) is 0. The third kappa shape index (κ3) is 4.42. The highest BCUT2D eigenvalue weighted by atomic mass is 35.5. The summed E-state index contributed by atoms with van der Waals surface area (Å²) in [5.41, 5.74) is 0.804. The lowest BCUT2D eigenvalue weighted by atomic mass is 10.1. The smallest absolute Gasteiger partial charge is 0.256 e. The van der Waals surface area contributed by atoms with Gasteiger partial charge in [-0.05, 0) is 36.4 Å². The van der Waals surface area contributed by atoms with Crippen LogP contribution in [0.1, 0.15) is 20.7 Å². The number of hydrogen-bond acceptors (Lipinski definition) is 2. The van der Waals surface area contributed by atoms with E-state index in [0.717, 1.165) is 0 Å². The Bertz CT molecular complexity index is 945. The molecule has 2 amide bonds. The molecule has 4 nitrogen and oxygen atoms in total. The van der Waals surface area contributed by atoms with Crippen LogP contribution in [0.25, 0.3) is 0 Å². The lowest BCUT2D eigenvalue weighted by molar-refractivity contribution is 0.0990. The van der Waals surface area contributed by atoms with E-state index < -0.39 is 11.8 Å². The van der Waals surface area contributed by atoms with Gasteiger partial charge in [-0.25, -0.2) is 0 Å². The van der Waals surface area contributed by atoms with E-state index in [1.807, 2.05) is 0 Å². The Hall–Kier alpha value is -2.24. The van der Waals surface area contributed by atoms with Crippen LogP contribution in [0, 0.1) is 0 Å². The molecule has 2 N–H and O–H groups in total. The molecular weight excluding hydrogens is 442 g/mol. The molecule has 28 heavy (non-hydrogen) atoms. The maximum Gasteiger partial charge on any atom is 0.256 e. The molecule has 0 aliphatic heterocycles. The standard InChI is InChI=1S/C20H12Cl4N2O2/c21-13-7-3-8-14(22)17(13)25-19(27)11-5-1-2-6-12(11)20(28)26-18-15(23)9-4-10-16(18)24/h1-10H,(H,25,27)(H,26,28). The molecule has 0 bridgehead atoms. The molecule has 3 aromatic carbocycles. The van der Waals surface area contributed by atoms with Crippen molar-refractivity contribution in [3.63, 3.8) is 0 Å². The van der Waals surface area contributed by atoms with Crippen LogP contribution in [-0.2, 0) is 0 Å². The van der Waals surface area contributed by atoms with E-state index in [4.69, 9.17) is 46.4 Å². The second-order valence-electron chi connectivity index (χ2n) is 5.65. The third-order valence-electron chi connectivity index (χ3n) is 3.82. The number of anilines is 2. The summed E-state index contributed by atoms with van der Waals surface area (Å²) in [5, 5.41) is 6.42. The molecule has 0 aromatic heterocycles. The van der Waals surface area contributed by atoms with Crippen LogP contribution >= 0.6 is 46.4 Å². The minimum atomic E-state index is -0.536. The highest BCUT2D eigenvalue weighted by molar-refractivity contribution is 6.41. The number of hydrogen-bond donors (Lipinski definition) is 2. The summed E-state index contributed by atoms with van der Waals surface area (Å²) in [7, 11) is 0. The van der Waals surface area contributed by atoms with Crippen LogP contribution in [0.4, 0.5) is 11.4 Å². The number of halogens is 4. The van der Waals surface area contributed by atoms with Crippen LogP contribution in [-0.4, -0.2) is 11.8 Å². The van der Waals surface area contributed by atoms with Crippen molar-refractivity contribution < 1.29 is 9.59 Å². The lowest BCUT2D eigenvalue weighted by Crippen LogP contribution is -2.20. The highest BCUT2D eigenvalue weighted by Gasteiger charge is 2.20. The van der Waals surface area contributed by atoms with Crippen LogP contribution in [0.3, 0.4) is 0 Å². The van der Waals surface area contributed by atoms with Gasteiger partial charge >= 0.3 is 0 Å². The third-order valence-corrected chi connectivity index (χ3v) is 5.08. The molecule has 0 saturated carbocycles. The van der Waals surface area contributed by atoms with Gasteiger partial charge < -0.3 is 10.6 Å². The number of rotatable bonds is 4. The number of benzene rings is 3. The highest BCUT2D eigenvalue weighted by Crippen LogP contribution is 2.32. The van der Waals surface area contributed by atoms with Gasteiger partial charge in [-0.2, -0.15) is 0 Å². The fourth-order valence-electron chi connectivity index (χ4n) is 2.48. The van der Waals surface area contributed by atoms with Gasteiger partial charge in [0.25, 0.3) is 11.8 Å². The van der Waals surface area contributed by atoms with Crippen LogP contribution in [0.2, 0.25) is 20.1 Å². The maximum atomic E-state index is 12.8. The van der Waals surface area contributed by atoms with Gasteiger partial charge in [-0.1, -0.05) is 70.7 Å². The van der Waals surface area contributed by atoms with Gasteiger partial charge in [0.05, 0.1) is 42.6 Å². The van der Waals surface area contributed by atoms with Crippen molar-refractivity contribution in [3.05, 3.63) is 91.9 Å². The fourth-order valence-corrected chi connectivity index (χ4v) is 3.46. The first-order valence-electron chi connectivity index (χ1n) is 7.98. The van der Waals surface area contributed by atoms with E-state index in [0.29, 0.717) is 0 Å². The van der Waals surface area contributed by atoms with Crippen molar-refractivity contribution in [2.45, 2.75) is 0 Å². The minimum absolute atomic E-state index is 0.138. The number of carbonyl (C=O) groups is 2. The second kappa shape index (κ2) is 8.84. The largest absolute Gasteiger partial charge is 0.319 e. The average molecular weight is 454 g/mol. The summed E-state index contributed by atoms with van der Waals surface area (Å²) in [5.74, 6) is -1.07. The Morgan fingerprint density at radius 2 is 0.857 bits per heavy atom. The summed E-state index contributed by atoms with van der Waals surface area (Å²) in [6, 6.07) is 16.0. The average Bonchev–Trinajstić information content (AvgIpc) is 2.67. The van der Waals surface area contributed by atoms with E-state index in [2.05, 4.69) is 10.6 Å². The van der Waals surface area contributed by atoms with Gasteiger partial charge in [0.2, 0.25) is 0 Å². The van der Waals surface area contributed by atoms with Crippen molar-refractivity contribution >= 4 is 69.6 Å². The van der Waals surface area contributed by atoms with Crippen molar-refractivity contribution in [3.8, 4) is 0 Å². The van der Waals surface area contributed by atoms with Gasteiger partial charge in [-0.3, -0.25) is 9.59 Å². The van der Waals surface area contributed by atoms with Crippen LogP contribution in [0.5, 0.6) is 0 Å². The zero-order valence-electron chi connectivity index (χ0n) is 14.1. The number of nitrogens with one attached hydrogen (secondary N) is 2. The lowest BCUT2D eigenvalue weighted by Gasteiger charge is -2.13. The van der Waals surface area contributed by atoms with Crippen molar-refractivity contribution in [1.29, 1.82) is 0 Å². The molecule has 0 radical (unpaired) electrons. The second-order valence-corrected chi connectivity index (χ2v) is 7.28. The number of amides is 2. The first kappa shape index (κ1) is 20.5. The van der Waals surface area contributed by atoms with Crippen molar-refractivity contribution in [1.82, 2.24) is 0 Å². The number of para-hydroxylation sites is 2. The first-order chi connectivity index (χ1) is 13.4. The molecule has 8 heteroatoms.